The molecule has 1 N–H and O–H groups in total. The highest BCUT2D eigenvalue weighted by Crippen LogP contribution is 2.32. The van der Waals surface area contributed by atoms with Crippen molar-refractivity contribution in [3.8, 4) is 0 Å². The first-order valence-electron chi connectivity index (χ1n) is 7.16. The van der Waals surface area contributed by atoms with Crippen LogP contribution in [-0.4, -0.2) is 22.9 Å². The van der Waals surface area contributed by atoms with Crippen molar-refractivity contribution in [2.24, 2.45) is 5.92 Å². The third-order valence-corrected chi connectivity index (χ3v) is 4.73. The van der Waals surface area contributed by atoms with E-state index in [0.29, 0.717) is 5.92 Å². The predicted octanol–water partition coefficient (Wildman–Crippen LogP) is 3.39. The van der Waals surface area contributed by atoms with Gasteiger partial charge in [-0.15, -0.1) is 0 Å². The number of rotatable bonds is 5. The first-order chi connectivity index (χ1) is 9.06. The molecule has 1 aliphatic rings. The Morgan fingerprint density at radius 1 is 1.42 bits per heavy atom. The van der Waals surface area contributed by atoms with Crippen LogP contribution < -0.4 is 5.32 Å². The summed E-state index contributed by atoms with van der Waals surface area (Å²) in [6.07, 6.45) is 2.00. The lowest BCUT2D eigenvalue weighted by Crippen LogP contribution is -2.41. The van der Waals surface area contributed by atoms with Gasteiger partial charge in [0.1, 0.15) is 6.17 Å². The van der Waals surface area contributed by atoms with Crippen molar-refractivity contribution in [3.63, 3.8) is 0 Å². The van der Waals surface area contributed by atoms with Crippen LogP contribution in [-0.2, 0) is 4.79 Å². The van der Waals surface area contributed by atoms with Gasteiger partial charge in [0.15, 0.2) is 0 Å². The van der Waals surface area contributed by atoms with Crippen LogP contribution in [0.4, 0.5) is 0 Å². The van der Waals surface area contributed by atoms with Crippen molar-refractivity contribution in [1.82, 2.24) is 10.2 Å². The lowest BCUT2D eigenvalue weighted by molar-refractivity contribution is -0.133. The van der Waals surface area contributed by atoms with Crippen LogP contribution in [0.25, 0.3) is 0 Å². The molecule has 3 unspecified atom stereocenters. The smallest absolute Gasteiger partial charge is 0.241 e. The van der Waals surface area contributed by atoms with Gasteiger partial charge in [-0.3, -0.25) is 10.1 Å². The summed E-state index contributed by atoms with van der Waals surface area (Å²) in [5.74, 6) is 0.728. The monoisotopic (exact) mass is 280 g/mol. The molecule has 0 spiro atoms. The molecule has 0 saturated carbocycles. The molecule has 19 heavy (non-hydrogen) atoms. The molecule has 1 saturated heterocycles. The average molecular weight is 280 g/mol. The molecule has 106 valence electrons. The fourth-order valence-electron chi connectivity index (χ4n) is 2.59. The number of hydrogen-bond acceptors (Lipinski definition) is 3. The Labute approximate surface area is 120 Å². The van der Waals surface area contributed by atoms with E-state index in [0.717, 1.165) is 12.8 Å². The fourth-order valence-corrected chi connectivity index (χ4v) is 3.27. The standard InChI is InChI=1S/C15H24N2OS/c1-5-6-13-15(18)17(11(4)10(2)3)14(16-13)12-7-8-19-9-12/h7-11,13-14,16H,5-6H2,1-4H3. The van der Waals surface area contributed by atoms with Gasteiger partial charge in [-0.2, -0.15) is 11.3 Å². The van der Waals surface area contributed by atoms with Crippen LogP contribution >= 0.6 is 11.3 Å². The third kappa shape index (κ3) is 2.84. The van der Waals surface area contributed by atoms with E-state index in [9.17, 15) is 4.79 Å². The van der Waals surface area contributed by atoms with Gasteiger partial charge in [0.25, 0.3) is 0 Å². The van der Waals surface area contributed by atoms with E-state index in [1.165, 1.54) is 5.56 Å². The lowest BCUT2D eigenvalue weighted by Gasteiger charge is -2.32. The van der Waals surface area contributed by atoms with Crippen molar-refractivity contribution in [3.05, 3.63) is 22.4 Å². The Morgan fingerprint density at radius 2 is 2.16 bits per heavy atom. The topological polar surface area (TPSA) is 32.3 Å². The summed E-state index contributed by atoms with van der Waals surface area (Å²) in [7, 11) is 0. The minimum absolute atomic E-state index is 0.0175. The van der Waals surface area contributed by atoms with Gasteiger partial charge < -0.3 is 4.90 Å². The molecule has 1 aromatic heterocycles. The molecule has 2 heterocycles. The van der Waals surface area contributed by atoms with Crippen LogP contribution in [0.3, 0.4) is 0 Å². The second-order valence-corrected chi connectivity index (χ2v) is 6.48. The number of thiophene rings is 1. The molecule has 0 aromatic carbocycles. The van der Waals surface area contributed by atoms with Crippen LogP contribution in [0.1, 0.15) is 52.3 Å². The van der Waals surface area contributed by atoms with E-state index < -0.39 is 0 Å². The zero-order valence-electron chi connectivity index (χ0n) is 12.2. The van der Waals surface area contributed by atoms with Crippen LogP contribution in [0.2, 0.25) is 0 Å². The molecule has 4 heteroatoms. The number of nitrogens with zero attached hydrogens (tertiary/aromatic N) is 1. The predicted molar refractivity (Wildman–Crippen MR) is 80.0 cm³/mol. The normalized spacial score (nSPS) is 25.3. The summed E-state index contributed by atoms with van der Waals surface area (Å²) < 4.78 is 0. The summed E-state index contributed by atoms with van der Waals surface area (Å²) >= 11 is 1.69. The van der Waals surface area contributed by atoms with E-state index in [2.05, 4.69) is 49.8 Å². The van der Waals surface area contributed by atoms with Crippen LogP contribution in [0, 0.1) is 5.92 Å². The molecule has 1 fully saturated rings. The van der Waals surface area contributed by atoms with E-state index in [1.807, 2.05) is 4.90 Å². The molecule has 0 bridgehead atoms. The number of carbonyl (C=O) groups excluding carboxylic acids is 1. The molecule has 0 radical (unpaired) electrons. The highest BCUT2D eigenvalue weighted by Gasteiger charge is 2.42. The molecule has 2 rings (SSSR count). The molecular weight excluding hydrogens is 256 g/mol. The Bertz CT molecular complexity index is 416. The summed E-state index contributed by atoms with van der Waals surface area (Å²) in [4.78, 5) is 14.7. The van der Waals surface area contributed by atoms with E-state index in [-0.39, 0.29) is 24.2 Å². The van der Waals surface area contributed by atoms with Gasteiger partial charge in [-0.05, 0) is 41.7 Å². The van der Waals surface area contributed by atoms with E-state index in [4.69, 9.17) is 0 Å². The molecule has 1 amide bonds. The zero-order chi connectivity index (χ0) is 14.0. The van der Waals surface area contributed by atoms with E-state index in [1.54, 1.807) is 11.3 Å². The minimum Gasteiger partial charge on any atom is -0.319 e. The first kappa shape index (κ1) is 14.5. The molecule has 1 aromatic rings. The van der Waals surface area contributed by atoms with Gasteiger partial charge in [0, 0.05) is 6.04 Å². The minimum atomic E-state index is -0.0175. The maximum absolute atomic E-state index is 12.6. The Kier molecular flexibility index (Phi) is 4.63. The van der Waals surface area contributed by atoms with Crippen LogP contribution in [0.5, 0.6) is 0 Å². The Morgan fingerprint density at radius 3 is 2.68 bits per heavy atom. The maximum atomic E-state index is 12.6. The third-order valence-electron chi connectivity index (χ3n) is 4.03. The van der Waals surface area contributed by atoms with Crippen molar-refractivity contribution < 1.29 is 4.79 Å². The summed E-state index contributed by atoms with van der Waals surface area (Å²) in [5.41, 5.74) is 1.21. The second-order valence-electron chi connectivity index (χ2n) is 5.70. The van der Waals surface area contributed by atoms with Gasteiger partial charge in [0.2, 0.25) is 5.91 Å². The van der Waals surface area contributed by atoms with Gasteiger partial charge in [-0.1, -0.05) is 27.2 Å². The lowest BCUT2D eigenvalue weighted by atomic mass is 10.0. The SMILES string of the molecule is CCCC1NC(c2ccsc2)N(C(C)C(C)C)C1=O. The quantitative estimate of drug-likeness (QED) is 0.896. The highest BCUT2D eigenvalue weighted by atomic mass is 32.1. The molecular formula is C15H24N2OS. The molecule has 3 atom stereocenters. The number of hydrogen-bond donors (Lipinski definition) is 1. The summed E-state index contributed by atoms with van der Waals surface area (Å²) in [6.45, 7) is 8.63. The van der Waals surface area contributed by atoms with Crippen molar-refractivity contribution in [2.75, 3.05) is 0 Å². The molecule has 1 aliphatic heterocycles. The number of carbonyl (C=O) groups is 1. The second kappa shape index (κ2) is 6.06. The Balaban J connectivity index is 2.26. The Hall–Kier alpha value is -0.870. The zero-order valence-corrected chi connectivity index (χ0v) is 13.0. The van der Waals surface area contributed by atoms with Crippen molar-refractivity contribution in [2.45, 2.75) is 58.8 Å². The molecule has 0 aliphatic carbocycles. The fraction of sp³-hybridized carbons (Fsp3) is 0.667. The number of nitrogens with one attached hydrogen (secondary N) is 1. The van der Waals surface area contributed by atoms with Crippen LogP contribution in [0.15, 0.2) is 16.8 Å². The van der Waals surface area contributed by atoms with E-state index >= 15 is 0 Å². The van der Waals surface area contributed by atoms with Gasteiger partial charge >= 0.3 is 0 Å². The number of amides is 1. The maximum Gasteiger partial charge on any atom is 0.241 e. The van der Waals surface area contributed by atoms with Crippen molar-refractivity contribution in [1.29, 1.82) is 0 Å². The first-order valence-corrected chi connectivity index (χ1v) is 8.10. The highest BCUT2D eigenvalue weighted by molar-refractivity contribution is 7.07. The average Bonchev–Trinajstić information content (AvgIpc) is 2.98. The summed E-state index contributed by atoms with van der Waals surface area (Å²) in [5, 5.41) is 7.73. The van der Waals surface area contributed by atoms with Crippen molar-refractivity contribution >= 4 is 17.2 Å². The summed E-state index contributed by atoms with van der Waals surface area (Å²) in [6, 6.07) is 2.35. The van der Waals surface area contributed by atoms with Gasteiger partial charge in [0.05, 0.1) is 6.04 Å². The van der Waals surface area contributed by atoms with Gasteiger partial charge in [-0.25, -0.2) is 0 Å². The molecule has 3 nitrogen and oxygen atoms in total. The largest absolute Gasteiger partial charge is 0.319 e.